The molecule has 18 heteroatoms. The molecule has 0 bridgehead atoms. The van der Waals surface area contributed by atoms with E-state index in [1.165, 1.54) is 31.0 Å². The molecule has 0 saturated heterocycles. The van der Waals surface area contributed by atoms with E-state index in [2.05, 4.69) is 0 Å². The second-order valence-corrected chi connectivity index (χ2v) is 19.4. The highest BCUT2D eigenvalue weighted by atomic mass is 32.2. The highest BCUT2D eigenvalue weighted by molar-refractivity contribution is 7.90. The van der Waals surface area contributed by atoms with Gasteiger partial charge < -0.3 is 25.0 Å². The average molecular weight is 789 g/mol. The van der Waals surface area contributed by atoms with Crippen molar-refractivity contribution in [3.05, 3.63) is 69.0 Å². The van der Waals surface area contributed by atoms with Gasteiger partial charge in [0.1, 0.15) is 11.2 Å². The van der Waals surface area contributed by atoms with Gasteiger partial charge in [0, 0.05) is 77.0 Å². The van der Waals surface area contributed by atoms with E-state index >= 15 is 0 Å². The van der Waals surface area contributed by atoms with Crippen molar-refractivity contribution in [2.45, 2.75) is 92.5 Å². The molecule has 2 aromatic heterocycles. The summed E-state index contributed by atoms with van der Waals surface area (Å²) in [4.78, 5) is 38.7. The maximum Gasteiger partial charge on any atom is 0.410 e. The van der Waals surface area contributed by atoms with Gasteiger partial charge in [-0.15, -0.1) is 0 Å². The van der Waals surface area contributed by atoms with Crippen LogP contribution in [0, 0.1) is 10.1 Å². The topological polar surface area (TPSA) is 206 Å². The van der Waals surface area contributed by atoms with Crippen molar-refractivity contribution in [3.63, 3.8) is 0 Å². The van der Waals surface area contributed by atoms with Crippen molar-refractivity contribution in [3.8, 4) is 0 Å². The molecule has 4 heterocycles. The minimum Gasteiger partial charge on any atom is -0.444 e. The molecule has 0 atom stereocenters. The number of amides is 2. The van der Waals surface area contributed by atoms with Crippen molar-refractivity contribution in [1.82, 2.24) is 17.7 Å². The van der Waals surface area contributed by atoms with E-state index in [4.69, 9.17) is 15.2 Å². The Morgan fingerprint density at radius 1 is 0.741 bits per heavy atom. The Kier molecular flexibility index (Phi) is 10.8. The van der Waals surface area contributed by atoms with Gasteiger partial charge in [-0.2, -0.15) is 0 Å². The van der Waals surface area contributed by atoms with Crippen LogP contribution in [0.4, 0.5) is 21.0 Å². The number of carbonyl (C=O) groups is 2. The van der Waals surface area contributed by atoms with Gasteiger partial charge in [-0.05, 0) is 79.7 Å². The number of aromatic nitrogens is 2. The summed E-state index contributed by atoms with van der Waals surface area (Å²) < 4.78 is 64.3. The molecule has 0 saturated carbocycles. The van der Waals surface area contributed by atoms with Crippen LogP contribution in [-0.4, -0.2) is 87.5 Å². The Morgan fingerprint density at radius 2 is 1.15 bits per heavy atom. The number of fused-ring (bicyclic) bond motifs is 6. The number of nitro benzene ring substituents is 1. The quantitative estimate of drug-likeness (QED) is 0.146. The molecule has 0 aliphatic carbocycles. The van der Waals surface area contributed by atoms with E-state index < -0.39 is 48.4 Å². The number of rotatable bonds is 5. The van der Waals surface area contributed by atoms with Gasteiger partial charge in [-0.25, -0.2) is 34.4 Å². The summed E-state index contributed by atoms with van der Waals surface area (Å²) in [5.74, 6) is -0.0979. The SMILES string of the molecule is CCS(=O)(=O)n1c2c(c3cc(N)ccc31)CN(C(=O)OC(C)(C)C)CC2.CCS(=O)(=O)n1c2c(c3cc([N+](=O)[O-])ccc31)CN(C(=O)OC(C)(C)C)CC2. The molecule has 0 fully saturated rings. The first-order valence-electron chi connectivity index (χ1n) is 17.6. The molecule has 2 aliphatic heterocycles. The fourth-order valence-electron chi connectivity index (χ4n) is 6.61. The number of non-ortho nitro benzene ring substituents is 1. The molecular weight excluding hydrogens is 741 g/mol. The maximum absolute atomic E-state index is 12.7. The predicted molar refractivity (Wildman–Crippen MR) is 205 cm³/mol. The van der Waals surface area contributed by atoms with Gasteiger partial charge in [0.05, 0.1) is 40.6 Å². The van der Waals surface area contributed by atoms with Crippen LogP contribution in [0.5, 0.6) is 0 Å². The number of nitrogen functional groups attached to an aromatic ring is 1. The summed E-state index contributed by atoms with van der Waals surface area (Å²) in [6.45, 7) is 15.1. The summed E-state index contributed by atoms with van der Waals surface area (Å²) >= 11 is 0. The number of nitro groups is 1. The first-order valence-corrected chi connectivity index (χ1v) is 20.8. The highest BCUT2D eigenvalue weighted by Crippen LogP contribution is 2.36. The lowest BCUT2D eigenvalue weighted by Crippen LogP contribution is -2.40. The Hall–Kier alpha value is -4.84. The molecular formula is C36H48N6O10S2. The van der Waals surface area contributed by atoms with Gasteiger partial charge in [0.2, 0.25) is 20.0 Å². The number of hydrogen-bond acceptors (Lipinski definition) is 11. The molecule has 54 heavy (non-hydrogen) atoms. The number of carbonyl (C=O) groups excluding carboxylic acids is 2. The van der Waals surface area contributed by atoms with Gasteiger partial charge in [-0.3, -0.25) is 10.1 Å². The van der Waals surface area contributed by atoms with Crippen LogP contribution in [0.1, 0.15) is 77.9 Å². The van der Waals surface area contributed by atoms with Crippen molar-refractivity contribution in [2.24, 2.45) is 0 Å². The number of benzene rings is 2. The largest absolute Gasteiger partial charge is 0.444 e. The Balaban J connectivity index is 0.000000208. The second-order valence-electron chi connectivity index (χ2n) is 15.2. The Labute approximate surface area is 315 Å². The average Bonchev–Trinajstić information content (AvgIpc) is 3.59. The van der Waals surface area contributed by atoms with Gasteiger partial charge in [0.15, 0.2) is 0 Å². The molecule has 4 aromatic rings. The number of anilines is 1. The monoisotopic (exact) mass is 788 g/mol. The fraction of sp³-hybridized carbons (Fsp3) is 0.500. The van der Waals surface area contributed by atoms with Crippen molar-refractivity contribution in [2.75, 3.05) is 30.3 Å². The number of ether oxygens (including phenoxy) is 2. The third-order valence-corrected chi connectivity index (χ3v) is 12.4. The highest BCUT2D eigenvalue weighted by Gasteiger charge is 2.34. The second kappa shape index (κ2) is 14.4. The van der Waals surface area contributed by atoms with Crippen LogP contribution in [0.3, 0.4) is 0 Å². The zero-order valence-electron chi connectivity index (χ0n) is 31.8. The predicted octanol–water partition coefficient (Wildman–Crippen LogP) is 5.76. The minimum atomic E-state index is -3.61. The standard InChI is InChI=1S/C18H23N3O6S.C18H25N3O4S/c1-5-28(25,26)20-15-7-6-12(21(23)24)10-13(15)14-11-19(9-8-16(14)20)17(22)27-18(2,3)4;1-5-26(23,24)21-15-7-6-12(19)10-13(15)14-11-20(9-8-16(14)21)17(22)25-18(2,3)4/h6-7,10H,5,8-9,11H2,1-4H3;6-7,10H,5,8-9,11,19H2,1-4H3. The zero-order valence-corrected chi connectivity index (χ0v) is 33.5. The van der Waals surface area contributed by atoms with Crippen LogP contribution >= 0.6 is 0 Å². The van der Waals surface area contributed by atoms with E-state index in [9.17, 15) is 36.5 Å². The van der Waals surface area contributed by atoms with Gasteiger partial charge >= 0.3 is 12.2 Å². The third kappa shape index (κ3) is 8.13. The molecule has 2 aliphatic rings. The third-order valence-electron chi connectivity index (χ3n) is 9.01. The molecule has 16 nitrogen and oxygen atoms in total. The molecule has 294 valence electrons. The summed E-state index contributed by atoms with van der Waals surface area (Å²) in [6, 6.07) is 9.32. The van der Waals surface area contributed by atoms with Crippen LogP contribution in [-0.2, 0) is 55.5 Å². The van der Waals surface area contributed by atoms with Crippen LogP contribution in [0.25, 0.3) is 21.8 Å². The molecule has 2 N–H and O–H groups in total. The summed E-state index contributed by atoms with van der Waals surface area (Å²) in [5.41, 5.74) is 8.83. The van der Waals surface area contributed by atoms with Gasteiger partial charge in [-0.1, -0.05) is 0 Å². The van der Waals surface area contributed by atoms with Crippen LogP contribution < -0.4 is 5.73 Å². The van der Waals surface area contributed by atoms with Crippen molar-refractivity contribution in [1.29, 1.82) is 0 Å². The molecule has 6 rings (SSSR count). The number of nitrogens with zero attached hydrogens (tertiary/aromatic N) is 5. The smallest absolute Gasteiger partial charge is 0.410 e. The number of nitrogens with two attached hydrogens (primary N) is 1. The maximum atomic E-state index is 12.7. The van der Waals surface area contributed by atoms with E-state index in [0.29, 0.717) is 65.8 Å². The van der Waals surface area contributed by atoms with E-state index in [0.717, 1.165) is 16.6 Å². The lowest BCUT2D eigenvalue weighted by Gasteiger charge is -2.30. The zero-order chi connectivity index (χ0) is 40.1. The lowest BCUT2D eigenvalue weighted by atomic mass is 10.0. The van der Waals surface area contributed by atoms with E-state index in [-0.39, 0.29) is 23.7 Å². The van der Waals surface area contributed by atoms with E-state index in [1.807, 2.05) is 20.8 Å². The van der Waals surface area contributed by atoms with Crippen LogP contribution in [0.15, 0.2) is 36.4 Å². The van der Waals surface area contributed by atoms with E-state index in [1.54, 1.807) is 57.7 Å². The summed E-state index contributed by atoms with van der Waals surface area (Å²) in [7, 11) is -7.07. The Morgan fingerprint density at radius 3 is 1.54 bits per heavy atom. The minimum absolute atomic E-state index is 0.00335. The molecule has 2 amide bonds. The first-order chi connectivity index (χ1) is 25.0. The molecule has 0 unspecified atom stereocenters. The summed E-state index contributed by atoms with van der Waals surface area (Å²) in [5, 5.41) is 12.4. The molecule has 2 aromatic carbocycles. The van der Waals surface area contributed by atoms with Crippen molar-refractivity contribution >= 4 is 65.4 Å². The fourth-order valence-corrected chi connectivity index (χ4v) is 9.12. The first kappa shape index (κ1) is 40.3. The Bertz CT molecular complexity index is 2370. The van der Waals surface area contributed by atoms with Crippen molar-refractivity contribution < 1.29 is 40.8 Å². The normalized spacial score (nSPS) is 15.0. The number of hydrogen-bond donors (Lipinski definition) is 1. The molecule has 0 spiro atoms. The van der Waals surface area contributed by atoms with Gasteiger partial charge in [0.25, 0.3) is 5.69 Å². The lowest BCUT2D eigenvalue weighted by molar-refractivity contribution is -0.384. The summed E-state index contributed by atoms with van der Waals surface area (Å²) in [6.07, 6.45) is -0.132. The molecule has 0 radical (unpaired) electrons. The van der Waals surface area contributed by atoms with Crippen LogP contribution in [0.2, 0.25) is 0 Å².